The van der Waals surface area contributed by atoms with Crippen molar-refractivity contribution in [2.45, 2.75) is 52.7 Å². The van der Waals surface area contributed by atoms with Gasteiger partial charge in [0.1, 0.15) is 12.4 Å². The van der Waals surface area contributed by atoms with E-state index in [4.69, 9.17) is 0 Å². The molecule has 1 aliphatic heterocycles. The summed E-state index contributed by atoms with van der Waals surface area (Å²) in [4.78, 5) is 0. The summed E-state index contributed by atoms with van der Waals surface area (Å²) >= 11 is 0. The summed E-state index contributed by atoms with van der Waals surface area (Å²) in [5, 5.41) is 16.5. The number of hydrogen-bond acceptors (Lipinski definition) is 4. The van der Waals surface area contributed by atoms with Crippen molar-refractivity contribution in [2.24, 2.45) is 0 Å². The van der Waals surface area contributed by atoms with Gasteiger partial charge in [-0.15, -0.1) is 10.2 Å². The standard InChI is InChI=1S/C14H22N6/c1-10-12(8-15-3)11(2)20(18-10)9-14-17-16-13-6-4-5-7-19(13)14/h15H,4-9H2,1-3H3. The van der Waals surface area contributed by atoms with Gasteiger partial charge in [-0.2, -0.15) is 5.10 Å². The maximum Gasteiger partial charge on any atom is 0.154 e. The van der Waals surface area contributed by atoms with Crippen molar-refractivity contribution >= 4 is 0 Å². The van der Waals surface area contributed by atoms with Crippen molar-refractivity contribution in [3.05, 3.63) is 28.6 Å². The van der Waals surface area contributed by atoms with Crippen molar-refractivity contribution in [3.63, 3.8) is 0 Å². The van der Waals surface area contributed by atoms with E-state index in [9.17, 15) is 0 Å². The Kier molecular flexibility index (Phi) is 3.56. The summed E-state index contributed by atoms with van der Waals surface area (Å²) in [5.74, 6) is 2.16. The van der Waals surface area contributed by atoms with Gasteiger partial charge in [0.25, 0.3) is 0 Å². The third-order valence-electron chi connectivity index (χ3n) is 4.11. The maximum atomic E-state index is 4.65. The minimum absolute atomic E-state index is 0.712. The molecule has 3 rings (SSSR count). The van der Waals surface area contributed by atoms with E-state index in [2.05, 4.69) is 39.0 Å². The molecule has 2 aromatic heterocycles. The third kappa shape index (κ3) is 2.24. The quantitative estimate of drug-likeness (QED) is 0.910. The number of hydrogen-bond donors (Lipinski definition) is 1. The fourth-order valence-electron chi connectivity index (χ4n) is 2.94. The fraction of sp³-hybridized carbons (Fsp3) is 0.643. The number of fused-ring (bicyclic) bond motifs is 1. The predicted octanol–water partition coefficient (Wildman–Crippen LogP) is 1.20. The third-order valence-corrected chi connectivity index (χ3v) is 4.11. The molecule has 0 unspecified atom stereocenters. The molecule has 0 atom stereocenters. The van der Waals surface area contributed by atoms with Gasteiger partial charge in [-0.1, -0.05) is 0 Å². The molecule has 1 N–H and O–H groups in total. The molecule has 0 saturated heterocycles. The van der Waals surface area contributed by atoms with E-state index in [0.717, 1.165) is 36.9 Å². The van der Waals surface area contributed by atoms with Crippen LogP contribution in [0.4, 0.5) is 0 Å². The first-order valence-electron chi connectivity index (χ1n) is 7.29. The molecule has 108 valence electrons. The van der Waals surface area contributed by atoms with Gasteiger partial charge in [-0.05, 0) is 33.7 Å². The molecule has 0 bridgehead atoms. The summed E-state index contributed by atoms with van der Waals surface area (Å²) in [6.45, 7) is 6.80. The van der Waals surface area contributed by atoms with E-state index in [1.54, 1.807) is 0 Å². The van der Waals surface area contributed by atoms with Crippen LogP contribution in [0, 0.1) is 13.8 Å². The molecule has 3 heterocycles. The number of aryl methyl sites for hydroxylation is 2. The molecule has 6 nitrogen and oxygen atoms in total. The van der Waals surface area contributed by atoms with E-state index < -0.39 is 0 Å². The Morgan fingerprint density at radius 2 is 2.05 bits per heavy atom. The Bertz CT molecular complexity index is 609. The molecule has 2 aromatic rings. The molecule has 0 amide bonds. The number of nitrogens with zero attached hydrogens (tertiary/aromatic N) is 5. The predicted molar refractivity (Wildman–Crippen MR) is 76.5 cm³/mol. The van der Waals surface area contributed by atoms with Crippen LogP contribution in [0.3, 0.4) is 0 Å². The number of rotatable bonds is 4. The van der Waals surface area contributed by atoms with Crippen molar-refractivity contribution in [1.29, 1.82) is 0 Å². The van der Waals surface area contributed by atoms with Gasteiger partial charge in [0.05, 0.1) is 5.69 Å². The second kappa shape index (κ2) is 5.36. The zero-order valence-corrected chi connectivity index (χ0v) is 12.5. The smallest absolute Gasteiger partial charge is 0.154 e. The van der Waals surface area contributed by atoms with Crippen molar-refractivity contribution < 1.29 is 0 Å². The Morgan fingerprint density at radius 1 is 1.20 bits per heavy atom. The lowest BCUT2D eigenvalue weighted by atomic mass is 10.1. The minimum Gasteiger partial charge on any atom is -0.316 e. The lowest BCUT2D eigenvalue weighted by Gasteiger charge is -2.15. The van der Waals surface area contributed by atoms with Crippen LogP contribution in [-0.4, -0.2) is 31.6 Å². The zero-order valence-electron chi connectivity index (χ0n) is 12.5. The van der Waals surface area contributed by atoms with Crippen molar-refractivity contribution in [2.75, 3.05) is 7.05 Å². The molecule has 0 fully saturated rings. The van der Waals surface area contributed by atoms with E-state index in [1.807, 2.05) is 11.7 Å². The van der Waals surface area contributed by atoms with E-state index in [1.165, 1.54) is 24.1 Å². The maximum absolute atomic E-state index is 4.65. The van der Waals surface area contributed by atoms with Crippen LogP contribution in [0.25, 0.3) is 0 Å². The van der Waals surface area contributed by atoms with Crippen LogP contribution in [0.15, 0.2) is 0 Å². The summed E-state index contributed by atoms with van der Waals surface area (Å²) < 4.78 is 4.31. The monoisotopic (exact) mass is 274 g/mol. The van der Waals surface area contributed by atoms with Crippen LogP contribution in [0.1, 0.15) is 41.4 Å². The lowest BCUT2D eigenvalue weighted by molar-refractivity contribution is 0.493. The molecule has 20 heavy (non-hydrogen) atoms. The van der Waals surface area contributed by atoms with Crippen LogP contribution in [0.5, 0.6) is 0 Å². The summed E-state index contributed by atoms with van der Waals surface area (Å²) in [5.41, 5.74) is 3.59. The number of nitrogens with one attached hydrogen (secondary N) is 1. The molecule has 1 aliphatic rings. The van der Waals surface area contributed by atoms with Gasteiger partial charge in [-0.3, -0.25) is 4.68 Å². The summed E-state index contributed by atoms with van der Waals surface area (Å²) in [6.07, 6.45) is 3.50. The molecule has 0 aromatic carbocycles. The van der Waals surface area contributed by atoms with Gasteiger partial charge in [0.15, 0.2) is 5.82 Å². The van der Waals surface area contributed by atoms with Gasteiger partial charge >= 0.3 is 0 Å². The molecule has 0 spiro atoms. The normalized spacial score (nSPS) is 14.6. The highest BCUT2D eigenvalue weighted by molar-refractivity contribution is 5.24. The Hall–Kier alpha value is -1.69. The Balaban J connectivity index is 1.88. The van der Waals surface area contributed by atoms with Crippen LogP contribution < -0.4 is 5.32 Å². The van der Waals surface area contributed by atoms with E-state index >= 15 is 0 Å². The first kappa shape index (κ1) is 13.3. The fourth-order valence-corrected chi connectivity index (χ4v) is 2.94. The first-order chi connectivity index (χ1) is 9.70. The van der Waals surface area contributed by atoms with Crippen LogP contribution in [-0.2, 0) is 26.1 Å². The SMILES string of the molecule is CNCc1c(C)nn(Cc2nnc3n2CCCC3)c1C. The van der Waals surface area contributed by atoms with Crippen molar-refractivity contribution in [1.82, 2.24) is 29.9 Å². The zero-order chi connectivity index (χ0) is 14.1. The second-order valence-electron chi connectivity index (χ2n) is 5.48. The first-order valence-corrected chi connectivity index (χ1v) is 7.29. The highest BCUT2D eigenvalue weighted by Crippen LogP contribution is 2.17. The second-order valence-corrected chi connectivity index (χ2v) is 5.48. The Morgan fingerprint density at radius 3 is 2.85 bits per heavy atom. The average molecular weight is 274 g/mol. The summed E-state index contributed by atoms with van der Waals surface area (Å²) in [6, 6.07) is 0. The minimum atomic E-state index is 0.712. The molecule has 0 aliphatic carbocycles. The number of aromatic nitrogens is 5. The highest BCUT2D eigenvalue weighted by atomic mass is 15.3. The van der Waals surface area contributed by atoms with Gasteiger partial charge in [0, 0.05) is 30.8 Å². The molecule has 0 saturated carbocycles. The Labute approximate surface area is 119 Å². The largest absolute Gasteiger partial charge is 0.316 e. The van der Waals surface area contributed by atoms with Gasteiger partial charge in [-0.25, -0.2) is 0 Å². The van der Waals surface area contributed by atoms with E-state index in [0.29, 0.717) is 6.54 Å². The van der Waals surface area contributed by atoms with E-state index in [-0.39, 0.29) is 0 Å². The summed E-state index contributed by atoms with van der Waals surface area (Å²) in [7, 11) is 1.96. The lowest BCUT2D eigenvalue weighted by Crippen LogP contribution is -2.16. The van der Waals surface area contributed by atoms with Gasteiger partial charge < -0.3 is 9.88 Å². The molecule has 6 heteroatoms. The highest BCUT2D eigenvalue weighted by Gasteiger charge is 2.18. The van der Waals surface area contributed by atoms with Crippen LogP contribution in [0.2, 0.25) is 0 Å². The van der Waals surface area contributed by atoms with Crippen molar-refractivity contribution in [3.8, 4) is 0 Å². The molecular formula is C14H22N6. The average Bonchev–Trinajstić information content (AvgIpc) is 2.97. The van der Waals surface area contributed by atoms with Crippen LogP contribution >= 0.6 is 0 Å². The molecular weight excluding hydrogens is 252 g/mol. The van der Waals surface area contributed by atoms with Gasteiger partial charge in [0.2, 0.25) is 0 Å². The topological polar surface area (TPSA) is 60.6 Å². The molecule has 0 radical (unpaired) electrons.